The van der Waals surface area contributed by atoms with Gasteiger partial charge in [-0.05, 0) is 12.5 Å². The molecule has 0 aliphatic heterocycles. The van der Waals surface area contributed by atoms with Crippen molar-refractivity contribution in [3.05, 3.63) is 29.2 Å². The molecule has 5 nitrogen and oxygen atoms in total. The fourth-order valence-electron chi connectivity index (χ4n) is 1.17. The van der Waals surface area contributed by atoms with Crippen molar-refractivity contribution < 1.29 is 0 Å². The monoisotopic (exact) mass is 223 g/mol. The predicted octanol–water partition coefficient (Wildman–Crippen LogP) is 1.67. The van der Waals surface area contributed by atoms with E-state index in [9.17, 15) is 0 Å². The lowest BCUT2D eigenvalue weighted by Crippen LogP contribution is -2.03. The van der Waals surface area contributed by atoms with Gasteiger partial charge in [0.2, 0.25) is 5.95 Å². The maximum atomic E-state index is 5.98. The van der Waals surface area contributed by atoms with Crippen molar-refractivity contribution in [2.24, 2.45) is 0 Å². The highest BCUT2D eigenvalue weighted by Crippen LogP contribution is 2.17. The maximum absolute atomic E-state index is 5.98. The molecule has 2 aromatic rings. The second-order valence-electron chi connectivity index (χ2n) is 3.08. The minimum atomic E-state index is 0.470. The Kier molecular flexibility index (Phi) is 2.55. The fraction of sp³-hybridized carbons (Fsp3) is 0.222. The summed E-state index contributed by atoms with van der Waals surface area (Å²) >= 11 is 5.98. The van der Waals surface area contributed by atoms with E-state index in [2.05, 4.69) is 20.4 Å². The van der Waals surface area contributed by atoms with Gasteiger partial charge >= 0.3 is 0 Å². The van der Waals surface area contributed by atoms with Gasteiger partial charge in [0.1, 0.15) is 5.02 Å². The Labute approximate surface area is 92.1 Å². The molecule has 0 aliphatic rings. The van der Waals surface area contributed by atoms with Crippen molar-refractivity contribution in [2.75, 3.05) is 12.4 Å². The highest BCUT2D eigenvalue weighted by atomic mass is 35.5. The Morgan fingerprint density at radius 2 is 2.20 bits per heavy atom. The molecule has 0 saturated carbocycles. The average Bonchev–Trinajstić information content (AvgIpc) is 2.65. The molecule has 0 saturated heterocycles. The third-order valence-electron chi connectivity index (χ3n) is 1.88. The zero-order chi connectivity index (χ0) is 10.8. The van der Waals surface area contributed by atoms with E-state index in [1.54, 1.807) is 24.1 Å². The molecule has 0 radical (unpaired) electrons. The summed E-state index contributed by atoms with van der Waals surface area (Å²) < 4.78 is 1.63. The molecule has 0 aliphatic carbocycles. The van der Waals surface area contributed by atoms with Crippen LogP contribution in [0, 0.1) is 6.92 Å². The highest BCUT2D eigenvalue weighted by Gasteiger charge is 2.07. The van der Waals surface area contributed by atoms with Gasteiger partial charge in [0.05, 0.1) is 12.4 Å². The summed E-state index contributed by atoms with van der Waals surface area (Å²) in [6.45, 7) is 1.96. The van der Waals surface area contributed by atoms with E-state index in [-0.39, 0.29) is 0 Å². The molecule has 2 heterocycles. The van der Waals surface area contributed by atoms with Gasteiger partial charge in [0.25, 0.3) is 0 Å². The zero-order valence-corrected chi connectivity index (χ0v) is 9.15. The number of hydrogen-bond acceptors (Lipinski definition) is 4. The van der Waals surface area contributed by atoms with Crippen LogP contribution in [-0.4, -0.2) is 26.8 Å². The maximum Gasteiger partial charge on any atom is 0.224 e. The molecule has 1 N–H and O–H groups in total. The van der Waals surface area contributed by atoms with Gasteiger partial charge in [0.15, 0.2) is 5.82 Å². The van der Waals surface area contributed by atoms with E-state index in [1.165, 1.54) is 0 Å². The summed E-state index contributed by atoms with van der Waals surface area (Å²) in [5.41, 5.74) is 1.05. The molecule has 0 spiro atoms. The molecular weight excluding hydrogens is 214 g/mol. The summed E-state index contributed by atoms with van der Waals surface area (Å²) in [5, 5.41) is 7.46. The topological polar surface area (TPSA) is 55.6 Å². The Morgan fingerprint density at radius 3 is 2.80 bits per heavy atom. The third-order valence-corrected chi connectivity index (χ3v) is 2.14. The van der Waals surface area contributed by atoms with Gasteiger partial charge < -0.3 is 5.32 Å². The predicted molar refractivity (Wildman–Crippen MR) is 58.4 cm³/mol. The molecule has 6 heteroatoms. The van der Waals surface area contributed by atoms with Crippen LogP contribution in [0.15, 0.2) is 18.6 Å². The SMILES string of the molecule is CNc1ncc(Cl)c(-n2cc(C)cn2)n1. The largest absolute Gasteiger partial charge is 0.357 e. The van der Waals surface area contributed by atoms with Crippen molar-refractivity contribution in [3.63, 3.8) is 0 Å². The molecular formula is C9H10ClN5. The van der Waals surface area contributed by atoms with Gasteiger partial charge in [-0.1, -0.05) is 11.6 Å². The minimum absolute atomic E-state index is 0.470. The first-order valence-corrected chi connectivity index (χ1v) is 4.80. The molecule has 2 rings (SSSR count). The van der Waals surface area contributed by atoms with Crippen molar-refractivity contribution in [1.29, 1.82) is 0 Å². The molecule has 0 unspecified atom stereocenters. The minimum Gasteiger partial charge on any atom is -0.357 e. The molecule has 0 amide bonds. The summed E-state index contributed by atoms with van der Waals surface area (Å²) in [4.78, 5) is 8.22. The van der Waals surface area contributed by atoms with E-state index in [0.717, 1.165) is 5.56 Å². The lowest BCUT2D eigenvalue weighted by molar-refractivity contribution is 0.841. The first kappa shape index (κ1) is 9.92. The van der Waals surface area contributed by atoms with Crippen LogP contribution in [0.5, 0.6) is 0 Å². The van der Waals surface area contributed by atoms with Crippen LogP contribution in [0.1, 0.15) is 5.56 Å². The second-order valence-corrected chi connectivity index (χ2v) is 3.48. The molecule has 0 aromatic carbocycles. The smallest absolute Gasteiger partial charge is 0.224 e. The quantitative estimate of drug-likeness (QED) is 0.842. The Balaban J connectivity index is 2.51. The normalized spacial score (nSPS) is 10.3. The van der Waals surface area contributed by atoms with Crippen molar-refractivity contribution in [1.82, 2.24) is 19.7 Å². The van der Waals surface area contributed by atoms with E-state index < -0.39 is 0 Å². The molecule has 78 valence electrons. The molecule has 15 heavy (non-hydrogen) atoms. The van der Waals surface area contributed by atoms with Crippen LogP contribution in [0.2, 0.25) is 5.02 Å². The highest BCUT2D eigenvalue weighted by molar-refractivity contribution is 6.32. The average molecular weight is 224 g/mol. The first-order chi connectivity index (χ1) is 7.20. The lowest BCUT2D eigenvalue weighted by atomic mass is 10.4. The van der Waals surface area contributed by atoms with Crippen LogP contribution in [0.4, 0.5) is 5.95 Å². The number of aromatic nitrogens is 4. The van der Waals surface area contributed by atoms with Crippen LogP contribution >= 0.6 is 11.6 Å². The van der Waals surface area contributed by atoms with Gasteiger partial charge in [-0.3, -0.25) is 0 Å². The van der Waals surface area contributed by atoms with Crippen molar-refractivity contribution >= 4 is 17.5 Å². The number of hydrogen-bond donors (Lipinski definition) is 1. The van der Waals surface area contributed by atoms with E-state index in [4.69, 9.17) is 11.6 Å². The van der Waals surface area contributed by atoms with E-state index in [1.807, 2.05) is 13.1 Å². The Bertz CT molecular complexity index is 479. The van der Waals surface area contributed by atoms with Crippen LogP contribution in [0.3, 0.4) is 0 Å². The number of aryl methyl sites for hydroxylation is 1. The Hall–Kier alpha value is -1.62. The molecule has 0 atom stereocenters. The summed E-state index contributed by atoms with van der Waals surface area (Å²) in [6.07, 6.45) is 5.15. The van der Waals surface area contributed by atoms with Gasteiger partial charge in [-0.25, -0.2) is 9.67 Å². The number of nitrogens with zero attached hydrogens (tertiary/aromatic N) is 4. The lowest BCUT2D eigenvalue weighted by Gasteiger charge is -2.04. The number of rotatable bonds is 2. The first-order valence-electron chi connectivity index (χ1n) is 4.42. The third kappa shape index (κ3) is 1.92. The number of halogens is 1. The van der Waals surface area contributed by atoms with E-state index >= 15 is 0 Å². The van der Waals surface area contributed by atoms with Crippen LogP contribution < -0.4 is 5.32 Å². The van der Waals surface area contributed by atoms with Crippen molar-refractivity contribution in [3.8, 4) is 5.82 Å². The molecule has 2 aromatic heterocycles. The van der Waals surface area contributed by atoms with Crippen LogP contribution in [-0.2, 0) is 0 Å². The van der Waals surface area contributed by atoms with Gasteiger partial charge in [-0.2, -0.15) is 10.1 Å². The number of anilines is 1. The second kappa shape index (κ2) is 3.86. The fourth-order valence-corrected chi connectivity index (χ4v) is 1.35. The zero-order valence-electron chi connectivity index (χ0n) is 8.40. The summed E-state index contributed by atoms with van der Waals surface area (Å²) in [6, 6.07) is 0. The van der Waals surface area contributed by atoms with Crippen molar-refractivity contribution in [2.45, 2.75) is 6.92 Å². The number of nitrogens with one attached hydrogen (secondary N) is 1. The van der Waals surface area contributed by atoms with E-state index in [0.29, 0.717) is 16.8 Å². The van der Waals surface area contributed by atoms with Gasteiger partial charge in [0, 0.05) is 13.2 Å². The van der Waals surface area contributed by atoms with Crippen LogP contribution in [0.25, 0.3) is 5.82 Å². The molecule has 0 bridgehead atoms. The summed E-state index contributed by atoms with van der Waals surface area (Å²) in [7, 11) is 1.75. The standard InChI is InChI=1S/C9H10ClN5/c1-6-3-13-15(5-6)8-7(10)4-12-9(11-2)14-8/h3-5H,1-2H3,(H,11,12,14). The molecule has 0 fully saturated rings. The Morgan fingerprint density at radius 1 is 1.40 bits per heavy atom. The summed E-state index contributed by atoms with van der Waals surface area (Å²) in [5.74, 6) is 1.09. The van der Waals surface area contributed by atoms with Gasteiger partial charge in [-0.15, -0.1) is 0 Å².